The van der Waals surface area contributed by atoms with Crippen LogP contribution in [0.2, 0.25) is 0 Å². The summed E-state index contributed by atoms with van der Waals surface area (Å²) < 4.78 is 4.77. The topological polar surface area (TPSA) is 43.4 Å². The van der Waals surface area contributed by atoms with Crippen molar-refractivity contribution in [2.45, 2.75) is 53.4 Å². The zero-order chi connectivity index (χ0) is 11.8. The number of hydrogen-bond donors (Lipinski definition) is 0. The molecule has 0 aliphatic heterocycles. The molecule has 0 radical (unpaired) electrons. The van der Waals surface area contributed by atoms with Crippen LogP contribution in [-0.2, 0) is 14.3 Å². The van der Waals surface area contributed by atoms with Gasteiger partial charge in [0.05, 0.1) is 5.92 Å². The minimum Gasteiger partial charge on any atom is -0.393 e. The Labute approximate surface area is 92.2 Å². The van der Waals surface area contributed by atoms with Crippen molar-refractivity contribution in [3.05, 3.63) is 0 Å². The molecule has 0 aromatic carbocycles. The van der Waals surface area contributed by atoms with E-state index in [1.807, 2.05) is 27.7 Å². The molecule has 0 aliphatic carbocycles. The Bertz CT molecular complexity index is 205. The number of esters is 2. The van der Waals surface area contributed by atoms with Gasteiger partial charge in [0.25, 0.3) is 0 Å². The van der Waals surface area contributed by atoms with Crippen LogP contribution < -0.4 is 0 Å². The first-order valence-electron chi connectivity index (χ1n) is 5.75. The molecule has 0 aromatic heterocycles. The van der Waals surface area contributed by atoms with Gasteiger partial charge in [-0.1, -0.05) is 27.7 Å². The minimum atomic E-state index is -0.388. The summed E-state index contributed by atoms with van der Waals surface area (Å²) in [6, 6.07) is 0. The van der Waals surface area contributed by atoms with E-state index in [4.69, 9.17) is 4.74 Å². The third-order valence-electron chi connectivity index (χ3n) is 2.46. The van der Waals surface area contributed by atoms with E-state index in [9.17, 15) is 9.59 Å². The number of ether oxygens (including phenoxy) is 1. The van der Waals surface area contributed by atoms with Crippen molar-refractivity contribution in [3.8, 4) is 0 Å². The maximum absolute atomic E-state index is 11.4. The molecule has 88 valence electrons. The predicted molar refractivity (Wildman–Crippen MR) is 59.2 cm³/mol. The lowest BCUT2D eigenvalue weighted by Gasteiger charge is -2.10. The zero-order valence-electron chi connectivity index (χ0n) is 10.2. The van der Waals surface area contributed by atoms with Crippen LogP contribution in [-0.4, -0.2) is 11.9 Å². The molecule has 3 nitrogen and oxygen atoms in total. The molecule has 0 atom stereocenters. The summed E-state index contributed by atoms with van der Waals surface area (Å²) in [5.41, 5.74) is 0. The minimum absolute atomic E-state index is 0.131. The first-order chi connectivity index (χ1) is 7.01. The van der Waals surface area contributed by atoms with Crippen LogP contribution in [0.15, 0.2) is 0 Å². The van der Waals surface area contributed by atoms with Gasteiger partial charge in [0.1, 0.15) is 0 Å². The average Bonchev–Trinajstić information content (AvgIpc) is 2.16. The largest absolute Gasteiger partial charge is 0.393 e. The van der Waals surface area contributed by atoms with Gasteiger partial charge in [-0.25, -0.2) is 0 Å². The summed E-state index contributed by atoms with van der Waals surface area (Å²) in [6.45, 7) is 7.92. The van der Waals surface area contributed by atoms with E-state index in [0.717, 1.165) is 19.3 Å². The quantitative estimate of drug-likeness (QED) is 0.504. The molecule has 0 aliphatic rings. The first-order valence-corrected chi connectivity index (χ1v) is 5.75. The lowest BCUT2D eigenvalue weighted by molar-refractivity contribution is -0.163. The second-order valence-electron chi connectivity index (χ2n) is 4.24. The third-order valence-corrected chi connectivity index (χ3v) is 2.46. The van der Waals surface area contributed by atoms with Gasteiger partial charge in [0, 0.05) is 6.42 Å². The van der Waals surface area contributed by atoms with Crippen molar-refractivity contribution in [2.24, 2.45) is 11.8 Å². The average molecular weight is 214 g/mol. The Morgan fingerprint density at radius 2 is 1.67 bits per heavy atom. The second-order valence-corrected chi connectivity index (χ2v) is 4.24. The van der Waals surface area contributed by atoms with Gasteiger partial charge < -0.3 is 4.74 Å². The van der Waals surface area contributed by atoms with Crippen LogP contribution in [0.4, 0.5) is 0 Å². The van der Waals surface area contributed by atoms with Crippen molar-refractivity contribution in [1.82, 2.24) is 0 Å². The molecule has 0 amide bonds. The third kappa shape index (κ3) is 6.26. The van der Waals surface area contributed by atoms with Crippen LogP contribution in [0, 0.1) is 11.8 Å². The van der Waals surface area contributed by atoms with Gasteiger partial charge in [-0.3, -0.25) is 9.59 Å². The summed E-state index contributed by atoms with van der Waals surface area (Å²) in [4.78, 5) is 22.7. The number of carbonyl (C=O) groups is 2. The van der Waals surface area contributed by atoms with Crippen LogP contribution in [0.5, 0.6) is 0 Å². The predicted octanol–water partition coefficient (Wildman–Crippen LogP) is 2.93. The molecule has 15 heavy (non-hydrogen) atoms. The van der Waals surface area contributed by atoms with Crippen molar-refractivity contribution >= 4 is 11.9 Å². The van der Waals surface area contributed by atoms with E-state index in [1.54, 1.807) is 0 Å². The summed E-state index contributed by atoms with van der Waals surface area (Å²) in [5, 5.41) is 0. The standard InChI is InChI=1S/C12H22O3/c1-5-10(6-2)12(14)15-11(13)8-7-9(3)4/h9-10H,5-8H2,1-4H3. The fourth-order valence-corrected chi connectivity index (χ4v) is 1.28. The van der Waals surface area contributed by atoms with E-state index in [2.05, 4.69) is 0 Å². The lowest BCUT2D eigenvalue weighted by Crippen LogP contribution is -2.20. The van der Waals surface area contributed by atoms with E-state index in [-0.39, 0.29) is 17.9 Å². The first kappa shape index (κ1) is 14.1. The molecule has 0 aromatic rings. The molecule has 0 saturated carbocycles. The maximum atomic E-state index is 11.4. The van der Waals surface area contributed by atoms with E-state index < -0.39 is 0 Å². The molecular formula is C12H22O3. The Balaban J connectivity index is 3.90. The highest BCUT2D eigenvalue weighted by Gasteiger charge is 2.19. The molecule has 0 heterocycles. The van der Waals surface area contributed by atoms with Gasteiger partial charge in [-0.05, 0) is 25.2 Å². The Kier molecular flexibility index (Phi) is 7.01. The van der Waals surface area contributed by atoms with E-state index in [0.29, 0.717) is 12.3 Å². The highest BCUT2D eigenvalue weighted by Crippen LogP contribution is 2.11. The highest BCUT2D eigenvalue weighted by molar-refractivity contribution is 5.86. The number of rotatable bonds is 6. The van der Waals surface area contributed by atoms with E-state index in [1.165, 1.54) is 0 Å². The molecule has 3 heteroatoms. The molecule has 0 rings (SSSR count). The molecular weight excluding hydrogens is 192 g/mol. The van der Waals surface area contributed by atoms with Gasteiger partial charge in [-0.15, -0.1) is 0 Å². The Morgan fingerprint density at radius 3 is 2.07 bits per heavy atom. The van der Waals surface area contributed by atoms with Gasteiger partial charge >= 0.3 is 11.9 Å². The summed E-state index contributed by atoms with van der Waals surface area (Å²) in [6.07, 6.45) is 2.57. The normalized spacial score (nSPS) is 10.8. The Hall–Kier alpha value is -0.860. The molecule has 0 bridgehead atoms. The summed E-state index contributed by atoms with van der Waals surface area (Å²) in [5.74, 6) is -0.428. The van der Waals surface area contributed by atoms with Crippen LogP contribution in [0.1, 0.15) is 53.4 Å². The molecule has 0 saturated heterocycles. The van der Waals surface area contributed by atoms with Gasteiger partial charge in [0.15, 0.2) is 0 Å². The lowest BCUT2D eigenvalue weighted by atomic mass is 10.0. The van der Waals surface area contributed by atoms with Crippen molar-refractivity contribution in [3.63, 3.8) is 0 Å². The fraction of sp³-hybridized carbons (Fsp3) is 0.833. The fourth-order valence-electron chi connectivity index (χ4n) is 1.28. The monoisotopic (exact) mass is 214 g/mol. The zero-order valence-corrected chi connectivity index (χ0v) is 10.2. The van der Waals surface area contributed by atoms with Crippen LogP contribution in [0.3, 0.4) is 0 Å². The van der Waals surface area contributed by atoms with Crippen LogP contribution >= 0.6 is 0 Å². The molecule has 0 fully saturated rings. The smallest absolute Gasteiger partial charge is 0.316 e. The summed E-state index contributed by atoms with van der Waals surface area (Å²) >= 11 is 0. The van der Waals surface area contributed by atoms with Gasteiger partial charge in [-0.2, -0.15) is 0 Å². The van der Waals surface area contributed by atoms with Gasteiger partial charge in [0.2, 0.25) is 0 Å². The van der Waals surface area contributed by atoms with E-state index >= 15 is 0 Å². The highest BCUT2D eigenvalue weighted by atomic mass is 16.6. The van der Waals surface area contributed by atoms with Crippen molar-refractivity contribution in [1.29, 1.82) is 0 Å². The van der Waals surface area contributed by atoms with Crippen molar-refractivity contribution in [2.75, 3.05) is 0 Å². The Morgan fingerprint density at radius 1 is 1.13 bits per heavy atom. The second kappa shape index (κ2) is 7.43. The molecule has 0 spiro atoms. The SMILES string of the molecule is CCC(CC)C(=O)OC(=O)CCC(C)C. The van der Waals surface area contributed by atoms with Crippen molar-refractivity contribution < 1.29 is 14.3 Å². The molecule has 0 N–H and O–H groups in total. The summed E-state index contributed by atoms with van der Waals surface area (Å²) in [7, 11) is 0. The number of hydrogen-bond acceptors (Lipinski definition) is 3. The maximum Gasteiger partial charge on any atom is 0.316 e. The van der Waals surface area contributed by atoms with Crippen LogP contribution in [0.25, 0.3) is 0 Å². The number of carbonyl (C=O) groups excluding carboxylic acids is 2. The molecule has 0 unspecified atom stereocenters.